The van der Waals surface area contributed by atoms with Crippen molar-refractivity contribution in [3.8, 4) is 11.5 Å². The average molecular weight is 509 g/mol. The SMILES string of the molecule is CCC(C)(O)Cc1c(OC)ccc(/C=C\C(=O)Nc2ccccc2N)c1OC(=O)c1ccc(Cl)cc1. The van der Waals surface area contributed by atoms with Crippen LogP contribution in [0.4, 0.5) is 11.4 Å². The summed E-state index contributed by atoms with van der Waals surface area (Å²) in [5.74, 6) is -0.401. The molecule has 7 nitrogen and oxygen atoms in total. The number of halogens is 1. The molecule has 1 atom stereocenters. The highest BCUT2D eigenvalue weighted by molar-refractivity contribution is 6.30. The van der Waals surface area contributed by atoms with Gasteiger partial charge in [-0.05, 0) is 68.0 Å². The van der Waals surface area contributed by atoms with Crippen LogP contribution in [-0.2, 0) is 11.2 Å². The van der Waals surface area contributed by atoms with Crippen LogP contribution in [-0.4, -0.2) is 29.7 Å². The minimum absolute atomic E-state index is 0.157. The summed E-state index contributed by atoms with van der Waals surface area (Å²) < 4.78 is 11.3. The molecule has 0 aliphatic heterocycles. The Bertz CT molecular complexity index is 1270. The number of nitrogens with two attached hydrogens (primary N) is 1. The first-order valence-electron chi connectivity index (χ1n) is 11.4. The van der Waals surface area contributed by atoms with Crippen LogP contribution < -0.4 is 20.5 Å². The molecule has 0 heterocycles. The molecule has 0 saturated heterocycles. The number of amides is 1. The summed E-state index contributed by atoms with van der Waals surface area (Å²) >= 11 is 5.94. The zero-order valence-electron chi connectivity index (χ0n) is 20.4. The highest BCUT2D eigenvalue weighted by Crippen LogP contribution is 2.37. The number of rotatable bonds is 9. The summed E-state index contributed by atoms with van der Waals surface area (Å²) in [4.78, 5) is 25.6. The monoisotopic (exact) mass is 508 g/mol. The molecular formula is C28H29ClN2O5. The Kier molecular flexibility index (Phi) is 8.74. The molecule has 0 fully saturated rings. The van der Waals surface area contributed by atoms with Crippen molar-refractivity contribution >= 4 is 40.9 Å². The number of hydrogen-bond donors (Lipinski definition) is 3. The van der Waals surface area contributed by atoms with Crippen molar-refractivity contribution in [2.75, 3.05) is 18.2 Å². The van der Waals surface area contributed by atoms with E-state index >= 15 is 0 Å². The minimum Gasteiger partial charge on any atom is -0.496 e. The highest BCUT2D eigenvalue weighted by atomic mass is 35.5. The lowest BCUT2D eigenvalue weighted by Gasteiger charge is -2.25. The van der Waals surface area contributed by atoms with Crippen LogP contribution in [0.3, 0.4) is 0 Å². The highest BCUT2D eigenvalue weighted by Gasteiger charge is 2.26. The number of carbonyl (C=O) groups is 2. The second-order valence-electron chi connectivity index (χ2n) is 8.50. The summed E-state index contributed by atoms with van der Waals surface area (Å²) in [6.07, 6.45) is 3.46. The Morgan fingerprint density at radius 1 is 1.11 bits per heavy atom. The second kappa shape index (κ2) is 11.7. The van der Waals surface area contributed by atoms with E-state index < -0.39 is 17.5 Å². The molecule has 0 radical (unpaired) electrons. The number of para-hydroxylation sites is 2. The molecule has 36 heavy (non-hydrogen) atoms. The molecule has 0 aromatic heterocycles. The Morgan fingerprint density at radius 2 is 1.81 bits per heavy atom. The summed E-state index contributed by atoms with van der Waals surface area (Å²) in [5.41, 5.74) is 6.99. The fourth-order valence-electron chi connectivity index (χ4n) is 3.43. The van der Waals surface area contributed by atoms with Gasteiger partial charge in [-0.3, -0.25) is 4.79 Å². The van der Waals surface area contributed by atoms with Gasteiger partial charge in [0.25, 0.3) is 0 Å². The van der Waals surface area contributed by atoms with Gasteiger partial charge >= 0.3 is 5.97 Å². The predicted octanol–water partition coefficient (Wildman–Crippen LogP) is 5.51. The van der Waals surface area contributed by atoms with Crippen LogP contribution in [0.1, 0.15) is 41.8 Å². The zero-order chi connectivity index (χ0) is 26.3. The van der Waals surface area contributed by atoms with Gasteiger partial charge in [-0.25, -0.2) is 4.79 Å². The molecule has 0 spiro atoms. The first-order valence-corrected chi connectivity index (χ1v) is 11.7. The Labute approximate surface area is 215 Å². The van der Waals surface area contributed by atoms with Crippen molar-refractivity contribution < 1.29 is 24.2 Å². The number of ether oxygens (including phenoxy) is 2. The smallest absolute Gasteiger partial charge is 0.343 e. The molecule has 0 aliphatic rings. The number of aliphatic hydroxyl groups is 1. The largest absolute Gasteiger partial charge is 0.496 e. The molecule has 8 heteroatoms. The lowest BCUT2D eigenvalue weighted by molar-refractivity contribution is -0.111. The maximum atomic E-state index is 13.0. The molecule has 4 N–H and O–H groups in total. The Morgan fingerprint density at radius 3 is 2.44 bits per heavy atom. The number of carbonyl (C=O) groups excluding carboxylic acids is 2. The molecule has 3 aromatic rings. The fraction of sp³-hybridized carbons (Fsp3) is 0.214. The van der Waals surface area contributed by atoms with Crippen molar-refractivity contribution in [2.45, 2.75) is 32.3 Å². The van der Waals surface area contributed by atoms with E-state index in [1.807, 2.05) is 6.92 Å². The van der Waals surface area contributed by atoms with E-state index in [1.54, 1.807) is 67.6 Å². The number of hydrogen-bond acceptors (Lipinski definition) is 6. The number of esters is 1. The Hall–Kier alpha value is -3.81. The number of nitrogens with one attached hydrogen (secondary N) is 1. The van der Waals surface area contributed by atoms with Gasteiger partial charge in [0.1, 0.15) is 11.5 Å². The van der Waals surface area contributed by atoms with E-state index in [4.69, 9.17) is 26.8 Å². The predicted molar refractivity (Wildman–Crippen MR) is 143 cm³/mol. The van der Waals surface area contributed by atoms with Crippen molar-refractivity contribution in [1.29, 1.82) is 0 Å². The normalized spacial score (nSPS) is 12.7. The number of anilines is 2. The number of methoxy groups -OCH3 is 1. The maximum absolute atomic E-state index is 13.0. The molecule has 0 aliphatic carbocycles. The average Bonchev–Trinajstić information content (AvgIpc) is 2.85. The summed E-state index contributed by atoms with van der Waals surface area (Å²) in [7, 11) is 1.50. The van der Waals surface area contributed by atoms with Gasteiger partial charge in [0.05, 0.1) is 29.6 Å². The van der Waals surface area contributed by atoms with Gasteiger partial charge in [0.15, 0.2) is 0 Å². The van der Waals surface area contributed by atoms with Crippen LogP contribution in [0.15, 0.2) is 66.7 Å². The van der Waals surface area contributed by atoms with Gasteiger partial charge in [-0.1, -0.05) is 30.7 Å². The fourth-order valence-corrected chi connectivity index (χ4v) is 3.56. The third-order valence-corrected chi connectivity index (χ3v) is 5.95. The van der Waals surface area contributed by atoms with E-state index in [-0.39, 0.29) is 12.2 Å². The van der Waals surface area contributed by atoms with Crippen molar-refractivity contribution in [3.05, 3.63) is 88.5 Å². The van der Waals surface area contributed by atoms with E-state index in [2.05, 4.69) is 5.32 Å². The van der Waals surface area contributed by atoms with E-state index in [9.17, 15) is 14.7 Å². The van der Waals surface area contributed by atoms with Crippen molar-refractivity contribution in [2.24, 2.45) is 0 Å². The molecule has 1 amide bonds. The molecule has 0 saturated carbocycles. The van der Waals surface area contributed by atoms with Crippen LogP contribution in [0.25, 0.3) is 6.08 Å². The Balaban J connectivity index is 2.01. The number of benzene rings is 3. The molecular weight excluding hydrogens is 480 g/mol. The minimum atomic E-state index is -1.08. The first kappa shape index (κ1) is 26.8. The standard InChI is InChI=1S/C28H29ClN2O5/c1-4-28(2,34)17-21-24(35-3)15-11-18(12-16-25(32)31-23-8-6-5-7-22(23)30)26(21)36-27(33)19-9-13-20(29)14-10-19/h5-16,34H,4,17,30H2,1-3H3,(H,31,32)/b16-12-. The van der Waals surface area contributed by atoms with E-state index in [0.29, 0.717) is 45.3 Å². The maximum Gasteiger partial charge on any atom is 0.343 e. The van der Waals surface area contributed by atoms with Gasteiger partial charge in [-0.2, -0.15) is 0 Å². The van der Waals surface area contributed by atoms with Gasteiger partial charge in [0.2, 0.25) is 5.91 Å². The lowest BCUT2D eigenvalue weighted by atomic mass is 9.91. The van der Waals surface area contributed by atoms with E-state index in [1.165, 1.54) is 19.3 Å². The molecule has 1 unspecified atom stereocenters. The molecule has 3 aromatic carbocycles. The molecule has 188 valence electrons. The second-order valence-corrected chi connectivity index (χ2v) is 8.93. The topological polar surface area (TPSA) is 111 Å². The van der Waals surface area contributed by atoms with E-state index in [0.717, 1.165) is 0 Å². The molecule has 3 rings (SSSR count). The third kappa shape index (κ3) is 6.87. The van der Waals surface area contributed by atoms with Crippen LogP contribution in [0, 0.1) is 0 Å². The lowest BCUT2D eigenvalue weighted by Crippen LogP contribution is -2.27. The van der Waals surface area contributed by atoms with Crippen LogP contribution in [0.2, 0.25) is 5.02 Å². The van der Waals surface area contributed by atoms with Crippen LogP contribution in [0.5, 0.6) is 11.5 Å². The van der Waals surface area contributed by atoms with Gasteiger partial charge in [-0.15, -0.1) is 0 Å². The van der Waals surface area contributed by atoms with Crippen molar-refractivity contribution in [1.82, 2.24) is 0 Å². The summed E-state index contributed by atoms with van der Waals surface area (Å²) in [6.45, 7) is 3.55. The number of nitrogen functional groups attached to an aromatic ring is 1. The first-order chi connectivity index (χ1) is 17.1. The van der Waals surface area contributed by atoms with Crippen molar-refractivity contribution in [3.63, 3.8) is 0 Å². The third-order valence-electron chi connectivity index (χ3n) is 5.69. The van der Waals surface area contributed by atoms with Gasteiger partial charge in [0, 0.05) is 28.6 Å². The summed E-state index contributed by atoms with van der Waals surface area (Å²) in [6, 6.07) is 16.6. The molecule has 0 bridgehead atoms. The quantitative estimate of drug-likeness (QED) is 0.152. The van der Waals surface area contributed by atoms with Gasteiger partial charge < -0.3 is 25.6 Å². The zero-order valence-corrected chi connectivity index (χ0v) is 21.1. The van der Waals surface area contributed by atoms with Crippen LogP contribution >= 0.6 is 11.6 Å². The summed E-state index contributed by atoms with van der Waals surface area (Å²) in [5, 5.41) is 14.0.